The van der Waals surface area contributed by atoms with Gasteiger partial charge >= 0.3 is 6.03 Å². The smallest absolute Gasteiger partial charge is 0.315 e. The zero-order chi connectivity index (χ0) is 19.7. The van der Waals surface area contributed by atoms with E-state index in [1.165, 1.54) is 32.1 Å². The Balaban J connectivity index is 1.28. The molecule has 0 spiro atoms. The minimum absolute atomic E-state index is 0.00598. The number of amides is 3. The Kier molecular flexibility index (Phi) is 5.61. The molecule has 1 aromatic carbocycles. The first-order valence-electron chi connectivity index (χ1n) is 11.0. The minimum Gasteiger partial charge on any atom is -0.335 e. The van der Waals surface area contributed by atoms with Crippen LogP contribution in [-0.2, 0) is 11.3 Å². The van der Waals surface area contributed by atoms with Gasteiger partial charge in [0.15, 0.2) is 0 Å². The maximum absolute atomic E-state index is 12.5. The molecule has 152 valence electrons. The molecule has 5 rings (SSSR count). The van der Waals surface area contributed by atoms with Crippen molar-refractivity contribution in [1.29, 1.82) is 0 Å². The number of carbonyl (C=O) groups is 2. The number of anilines is 1. The largest absolute Gasteiger partial charge is 0.335 e. The minimum atomic E-state index is -0.0634. The Morgan fingerprint density at radius 3 is 2.39 bits per heavy atom. The molecule has 4 bridgehead atoms. The summed E-state index contributed by atoms with van der Waals surface area (Å²) in [6.07, 6.45) is 7.45. The highest BCUT2D eigenvalue weighted by atomic mass is 16.2. The van der Waals surface area contributed by atoms with Crippen LogP contribution in [0.3, 0.4) is 0 Å². The molecule has 4 saturated carbocycles. The average Bonchev–Trinajstić information content (AvgIpc) is 2.68. The molecule has 0 radical (unpaired) electrons. The second-order valence-corrected chi connectivity index (χ2v) is 9.28. The van der Waals surface area contributed by atoms with Gasteiger partial charge in [-0.25, -0.2) is 4.79 Å². The van der Waals surface area contributed by atoms with Gasteiger partial charge in [0.1, 0.15) is 0 Å². The number of hydrogen-bond donors (Lipinski definition) is 3. The lowest BCUT2D eigenvalue weighted by atomic mass is 9.54. The van der Waals surface area contributed by atoms with Gasteiger partial charge in [0.25, 0.3) is 0 Å². The second kappa shape index (κ2) is 8.14. The van der Waals surface area contributed by atoms with E-state index < -0.39 is 0 Å². The van der Waals surface area contributed by atoms with Crippen LogP contribution in [-0.4, -0.2) is 18.0 Å². The van der Waals surface area contributed by atoms with Crippen molar-refractivity contribution in [2.45, 2.75) is 65.0 Å². The van der Waals surface area contributed by atoms with Crippen molar-refractivity contribution in [3.05, 3.63) is 29.8 Å². The summed E-state index contributed by atoms with van der Waals surface area (Å²) >= 11 is 0. The van der Waals surface area contributed by atoms with E-state index in [1.807, 2.05) is 38.1 Å². The molecule has 4 fully saturated rings. The number of carbonyl (C=O) groups excluding carboxylic acids is 2. The monoisotopic (exact) mass is 383 g/mol. The average molecular weight is 384 g/mol. The van der Waals surface area contributed by atoms with E-state index >= 15 is 0 Å². The molecular weight excluding hydrogens is 350 g/mol. The fourth-order valence-electron chi connectivity index (χ4n) is 5.76. The van der Waals surface area contributed by atoms with E-state index in [0.717, 1.165) is 29.5 Å². The Morgan fingerprint density at radius 1 is 1.07 bits per heavy atom. The summed E-state index contributed by atoms with van der Waals surface area (Å²) in [5.41, 5.74) is 1.77. The van der Waals surface area contributed by atoms with Gasteiger partial charge in [0, 0.05) is 24.2 Å². The lowest BCUT2D eigenvalue weighted by molar-refractivity contribution is -0.119. The second-order valence-electron chi connectivity index (χ2n) is 9.28. The number of hydrogen-bond acceptors (Lipinski definition) is 2. The molecule has 1 unspecified atom stereocenters. The summed E-state index contributed by atoms with van der Waals surface area (Å²) in [7, 11) is 0. The zero-order valence-corrected chi connectivity index (χ0v) is 17.0. The molecule has 1 atom stereocenters. The number of benzene rings is 1. The van der Waals surface area contributed by atoms with Crippen molar-refractivity contribution in [2.24, 2.45) is 29.6 Å². The fraction of sp³-hybridized carbons (Fsp3) is 0.652. The lowest BCUT2D eigenvalue weighted by Crippen LogP contribution is -2.57. The highest BCUT2D eigenvalue weighted by molar-refractivity contribution is 5.92. The van der Waals surface area contributed by atoms with E-state index in [-0.39, 0.29) is 17.9 Å². The predicted molar refractivity (Wildman–Crippen MR) is 111 cm³/mol. The third kappa shape index (κ3) is 4.18. The molecule has 28 heavy (non-hydrogen) atoms. The Labute approximate surface area is 168 Å². The quantitative estimate of drug-likeness (QED) is 0.686. The van der Waals surface area contributed by atoms with Gasteiger partial charge in [-0.2, -0.15) is 0 Å². The van der Waals surface area contributed by atoms with Crippen LogP contribution < -0.4 is 16.0 Å². The Morgan fingerprint density at radius 2 is 1.75 bits per heavy atom. The molecule has 5 heteroatoms. The molecule has 0 aliphatic heterocycles. The third-order valence-electron chi connectivity index (χ3n) is 7.23. The van der Waals surface area contributed by atoms with E-state index in [4.69, 9.17) is 0 Å². The maximum Gasteiger partial charge on any atom is 0.315 e. The van der Waals surface area contributed by atoms with Crippen LogP contribution in [0.1, 0.15) is 57.9 Å². The first-order chi connectivity index (χ1) is 13.5. The van der Waals surface area contributed by atoms with E-state index in [0.29, 0.717) is 24.4 Å². The van der Waals surface area contributed by atoms with Gasteiger partial charge in [-0.3, -0.25) is 4.79 Å². The SMILES string of the molecule is CCC(C)C(=O)Nc1cccc(CNC(=O)NC2C3CC4CC(C3)CC2C4)c1. The first-order valence-corrected chi connectivity index (χ1v) is 11.0. The van der Waals surface area contributed by atoms with Crippen LogP contribution in [0.15, 0.2) is 24.3 Å². The topological polar surface area (TPSA) is 70.2 Å². The van der Waals surface area contributed by atoms with Crippen LogP contribution in [0.4, 0.5) is 10.5 Å². The summed E-state index contributed by atoms with van der Waals surface area (Å²) in [5.74, 6) is 3.22. The standard InChI is InChI=1S/C23H33N3O2/c1-3-14(2)22(27)25-20-6-4-5-15(12-20)13-24-23(28)26-21-18-8-16-7-17(10-18)11-19(21)9-16/h4-6,12,14,16-19,21H,3,7-11,13H2,1-2H3,(H,25,27)(H2,24,26,28). The molecule has 5 nitrogen and oxygen atoms in total. The van der Waals surface area contributed by atoms with Crippen LogP contribution in [0.2, 0.25) is 0 Å². The highest BCUT2D eigenvalue weighted by Gasteiger charge is 2.48. The summed E-state index contributed by atoms with van der Waals surface area (Å²) in [4.78, 5) is 24.6. The van der Waals surface area contributed by atoms with Crippen LogP contribution in [0.25, 0.3) is 0 Å². The van der Waals surface area contributed by atoms with Crippen molar-refractivity contribution in [1.82, 2.24) is 10.6 Å². The zero-order valence-electron chi connectivity index (χ0n) is 17.0. The summed E-state index contributed by atoms with van der Waals surface area (Å²) in [5, 5.41) is 9.25. The molecule has 0 aromatic heterocycles. The number of nitrogens with one attached hydrogen (secondary N) is 3. The van der Waals surface area contributed by atoms with Crippen molar-refractivity contribution >= 4 is 17.6 Å². The summed E-state index contributed by atoms with van der Waals surface area (Å²) in [6.45, 7) is 4.40. The van der Waals surface area contributed by atoms with Gasteiger partial charge in [-0.15, -0.1) is 0 Å². The van der Waals surface area contributed by atoms with Crippen LogP contribution in [0.5, 0.6) is 0 Å². The number of rotatable bonds is 6. The molecule has 0 heterocycles. The van der Waals surface area contributed by atoms with Gasteiger partial charge in [0.05, 0.1) is 0 Å². The lowest BCUT2D eigenvalue weighted by Gasteiger charge is -2.54. The molecule has 0 saturated heterocycles. The predicted octanol–water partition coefficient (Wildman–Crippen LogP) is 4.30. The molecule has 1 aromatic rings. The maximum atomic E-state index is 12.5. The molecule has 3 N–H and O–H groups in total. The fourth-order valence-corrected chi connectivity index (χ4v) is 5.76. The third-order valence-corrected chi connectivity index (χ3v) is 7.23. The van der Waals surface area contributed by atoms with E-state index in [2.05, 4.69) is 16.0 Å². The first kappa shape index (κ1) is 19.3. The molecular formula is C23H33N3O2. The van der Waals surface area contributed by atoms with Crippen LogP contribution >= 0.6 is 0 Å². The molecule has 4 aliphatic carbocycles. The Bertz CT molecular complexity index is 704. The normalized spacial score (nSPS) is 31.3. The number of urea groups is 1. The summed E-state index contributed by atoms with van der Waals surface area (Å²) in [6, 6.07) is 8.00. The van der Waals surface area contributed by atoms with Gasteiger partial charge in [-0.05, 0) is 79.9 Å². The highest BCUT2D eigenvalue weighted by Crippen LogP contribution is 2.53. The van der Waals surface area contributed by atoms with Gasteiger partial charge in [-0.1, -0.05) is 26.0 Å². The Hall–Kier alpha value is -2.04. The molecule has 3 amide bonds. The van der Waals surface area contributed by atoms with Crippen molar-refractivity contribution in [3.8, 4) is 0 Å². The van der Waals surface area contributed by atoms with E-state index in [9.17, 15) is 9.59 Å². The van der Waals surface area contributed by atoms with Crippen molar-refractivity contribution < 1.29 is 9.59 Å². The van der Waals surface area contributed by atoms with E-state index in [1.54, 1.807) is 0 Å². The summed E-state index contributed by atoms with van der Waals surface area (Å²) < 4.78 is 0. The van der Waals surface area contributed by atoms with Gasteiger partial charge < -0.3 is 16.0 Å². The van der Waals surface area contributed by atoms with Crippen LogP contribution in [0, 0.1) is 29.6 Å². The van der Waals surface area contributed by atoms with Crippen molar-refractivity contribution in [2.75, 3.05) is 5.32 Å². The molecule has 4 aliphatic rings. The van der Waals surface area contributed by atoms with Crippen molar-refractivity contribution in [3.63, 3.8) is 0 Å². The van der Waals surface area contributed by atoms with Gasteiger partial charge in [0.2, 0.25) is 5.91 Å².